The van der Waals surface area contributed by atoms with Gasteiger partial charge in [0.2, 0.25) is 0 Å². The van der Waals surface area contributed by atoms with E-state index < -0.39 is 0 Å². The maximum atomic E-state index is 4.01. The highest BCUT2D eigenvalue weighted by atomic mass is 15.2. The van der Waals surface area contributed by atoms with Gasteiger partial charge in [0.25, 0.3) is 0 Å². The SMILES string of the molecule is CC(C)(CNc1cccnn1)c1ccccc1. The Morgan fingerprint density at radius 2 is 1.82 bits per heavy atom. The van der Waals surface area contributed by atoms with Crippen LogP contribution in [0.2, 0.25) is 0 Å². The van der Waals surface area contributed by atoms with Gasteiger partial charge in [0.15, 0.2) is 0 Å². The summed E-state index contributed by atoms with van der Waals surface area (Å²) in [4.78, 5) is 0. The first-order valence-electron chi connectivity index (χ1n) is 5.75. The van der Waals surface area contributed by atoms with Crippen LogP contribution in [0.3, 0.4) is 0 Å². The summed E-state index contributed by atoms with van der Waals surface area (Å²) in [5.74, 6) is 0.816. The van der Waals surface area contributed by atoms with Crippen molar-refractivity contribution < 1.29 is 0 Å². The molecule has 0 fully saturated rings. The van der Waals surface area contributed by atoms with Crippen LogP contribution >= 0.6 is 0 Å². The monoisotopic (exact) mass is 227 g/mol. The zero-order valence-corrected chi connectivity index (χ0v) is 10.2. The van der Waals surface area contributed by atoms with Crippen molar-refractivity contribution >= 4 is 5.82 Å². The number of hydrogen-bond acceptors (Lipinski definition) is 3. The Hall–Kier alpha value is -1.90. The second kappa shape index (κ2) is 4.95. The van der Waals surface area contributed by atoms with Crippen molar-refractivity contribution in [2.24, 2.45) is 0 Å². The third-order valence-corrected chi connectivity index (χ3v) is 2.84. The zero-order valence-electron chi connectivity index (χ0n) is 10.2. The lowest BCUT2D eigenvalue weighted by Gasteiger charge is -2.25. The highest BCUT2D eigenvalue weighted by Gasteiger charge is 2.19. The van der Waals surface area contributed by atoms with Crippen molar-refractivity contribution in [2.75, 3.05) is 11.9 Å². The van der Waals surface area contributed by atoms with E-state index in [2.05, 4.69) is 53.6 Å². The lowest BCUT2D eigenvalue weighted by molar-refractivity contribution is 0.556. The van der Waals surface area contributed by atoms with E-state index >= 15 is 0 Å². The van der Waals surface area contributed by atoms with E-state index in [1.165, 1.54) is 5.56 Å². The molecule has 1 aromatic heterocycles. The third kappa shape index (κ3) is 3.03. The summed E-state index contributed by atoms with van der Waals surface area (Å²) in [5.41, 5.74) is 1.38. The van der Waals surface area contributed by atoms with Crippen molar-refractivity contribution in [1.82, 2.24) is 10.2 Å². The van der Waals surface area contributed by atoms with Gasteiger partial charge < -0.3 is 5.32 Å². The second-order valence-corrected chi connectivity index (χ2v) is 4.71. The third-order valence-electron chi connectivity index (χ3n) is 2.84. The van der Waals surface area contributed by atoms with Gasteiger partial charge in [0.05, 0.1) is 0 Å². The van der Waals surface area contributed by atoms with Crippen molar-refractivity contribution in [3.63, 3.8) is 0 Å². The van der Waals surface area contributed by atoms with Crippen LogP contribution in [0.25, 0.3) is 0 Å². The quantitative estimate of drug-likeness (QED) is 0.872. The molecule has 3 heteroatoms. The van der Waals surface area contributed by atoms with Crippen molar-refractivity contribution in [2.45, 2.75) is 19.3 Å². The molecule has 2 rings (SSSR count). The molecule has 0 unspecified atom stereocenters. The molecule has 0 aliphatic heterocycles. The van der Waals surface area contributed by atoms with E-state index in [-0.39, 0.29) is 5.41 Å². The molecule has 0 saturated heterocycles. The molecular formula is C14H17N3. The average molecular weight is 227 g/mol. The first-order chi connectivity index (χ1) is 8.18. The van der Waals surface area contributed by atoms with Crippen molar-refractivity contribution in [1.29, 1.82) is 0 Å². The van der Waals surface area contributed by atoms with Gasteiger partial charge in [0.1, 0.15) is 5.82 Å². The van der Waals surface area contributed by atoms with Crippen LogP contribution in [-0.2, 0) is 5.41 Å². The van der Waals surface area contributed by atoms with Gasteiger partial charge >= 0.3 is 0 Å². The molecule has 1 heterocycles. The van der Waals surface area contributed by atoms with Gasteiger partial charge in [-0.05, 0) is 17.7 Å². The zero-order chi connectivity index (χ0) is 12.1. The molecular weight excluding hydrogens is 210 g/mol. The topological polar surface area (TPSA) is 37.8 Å². The first-order valence-corrected chi connectivity index (χ1v) is 5.75. The first kappa shape index (κ1) is 11.6. The fourth-order valence-electron chi connectivity index (χ4n) is 1.70. The number of nitrogens with one attached hydrogen (secondary N) is 1. The normalized spacial score (nSPS) is 11.2. The lowest BCUT2D eigenvalue weighted by atomic mass is 9.85. The smallest absolute Gasteiger partial charge is 0.148 e. The Labute approximate surface area is 102 Å². The molecule has 2 aromatic rings. The molecule has 3 nitrogen and oxygen atoms in total. The minimum atomic E-state index is 0.0682. The molecule has 1 N–H and O–H groups in total. The summed E-state index contributed by atoms with van der Waals surface area (Å²) in [6.45, 7) is 5.26. The summed E-state index contributed by atoms with van der Waals surface area (Å²) in [6.07, 6.45) is 1.67. The number of nitrogens with zero attached hydrogens (tertiary/aromatic N) is 2. The van der Waals surface area contributed by atoms with E-state index in [1.54, 1.807) is 6.20 Å². The fraction of sp³-hybridized carbons (Fsp3) is 0.286. The summed E-state index contributed by atoms with van der Waals surface area (Å²) >= 11 is 0. The predicted molar refractivity (Wildman–Crippen MR) is 70.0 cm³/mol. The van der Waals surface area contributed by atoms with Gasteiger partial charge in [-0.15, -0.1) is 5.10 Å². The predicted octanol–water partition coefficient (Wildman–Crippen LogP) is 2.87. The lowest BCUT2D eigenvalue weighted by Crippen LogP contribution is -2.27. The molecule has 0 spiro atoms. The molecule has 0 amide bonds. The Bertz CT molecular complexity index is 451. The Kier molecular flexibility index (Phi) is 3.38. The highest BCUT2D eigenvalue weighted by molar-refractivity contribution is 5.34. The van der Waals surface area contributed by atoms with Crippen LogP contribution in [0.5, 0.6) is 0 Å². The molecule has 17 heavy (non-hydrogen) atoms. The van der Waals surface area contributed by atoms with Crippen LogP contribution in [0.1, 0.15) is 19.4 Å². The molecule has 0 aliphatic carbocycles. The maximum Gasteiger partial charge on any atom is 0.148 e. The van der Waals surface area contributed by atoms with Crippen LogP contribution in [0, 0.1) is 0 Å². The maximum absolute atomic E-state index is 4.01. The summed E-state index contributed by atoms with van der Waals surface area (Å²) < 4.78 is 0. The highest BCUT2D eigenvalue weighted by Crippen LogP contribution is 2.22. The molecule has 0 atom stereocenters. The Balaban J connectivity index is 2.03. The van der Waals surface area contributed by atoms with E-state index in [4.69, 9.17) is 0 Å². The van der Waals surface area contributed by atoms with E-state index in [1.807, 2.05) is 18.2 Å². The summed E-state index contributed by atoms with van der Waals surface area (Å²) in [5, 5.41) is 11.2. The molecule has 88 valence electrons. The number of rotatable bonds is 4. The van der Waals surface area contributed by atoms with Crippen LogP contribution in [-0.4, -0.2) is 16.7 Å². The van der Waals surface area contributed by atoms with Crippen LogP contribution < -0.4 is 5.32 Å². The minimum Gasteiger partial charge on any atom is -0.368 e. The fourth-order valence-corrected chi connectivity index (χ4v) is 1.70. The van der Waals surface area contributed by atoms with E-state index in [0.717, 1.165) is 12.4 Å². The largest absolute Gasteiger partial charge is 0.368 e. The molecule has 0 radical (unpaired) electrons. The number of aromatic nitrogens is 2. The second-order valence-electron chi connectivity index (χ2n) is 4.71. The van der Waals surface area contributed by atoms with Gasteiger partial charge in [-0.2, -0.15) is 5.10 Å². The Morgan fingerprint density at radius 1 is 1.06 bits per heavy atom. The van der Waals surface area contributed by atoms with Gasteiger partial charge in [-0.1, -0.05) is 44.2 Å². The minimum absolute atomic E-state index is 0.0682. The summed E-state index contributed by atoms with van der Waals surface area (Å²) in [7, 11) is 0. The number of benzene rings is 1. The molecule has 1 aromatic carbocycles. The van der Waals surface area contributed by atoms with E-state index in [0.29, 0.717) is 0 Å². The molecule has 0 saturated carbocycles. The van der Waals surface area contributed by atoms with Crippen LogP contribution in [0.4, 0.5) is 5.82 Å². The van der Waals surface area contributed by atoms with Crippen molar-refractivity contribution in [3.8, 4) is 0 Å². The van der Waals surface area contributed by atoms with Gasteiger partial charge in [0, 0.05) is 18.2 Å². The van der Waals surface area contributed by atoms with Gasteiger partial charge in [-0.25, -0.2) is 0 Å². The standard InChI is InChI=1S/C14H17N3/c1-14(2,12-7-4-3-5-8-12)11-15-13-9-6-10-16-17-13/h3-10H,11H2,1-2H3,(H,15,17). The van der Waals surface area contributed by atoms with E-state index in [9.17, 15) is 0 Å². The number of anilines is 1. The molecule has 0 aliphatic rings. The number of hydrogen-bond donors (Lipinski definition) is 1. The van der Waals surface area contributed by atoms with Crippen molar-refractivity contribution in [3.05, 3.63) is 54.2 Å². The van der Waals surface area contributed by atoms with Gasteiger partial charge in [-0.3, -0.25) is 0 Å². The average Bonchev–Trinajstić information content (AvgIpc) is 2.39. The Morgan fingerprint density at radius 3 is 2.47 bits per heavy atom. The summed E-state index contributed by atoms with van der Waals surface area (Å²) in [6, 6.07) is 14.3. The van der Waals surface area contributed by atoms with Crippen LogP contribution in [0.15, 0.2) is 48.7 Å². The molecule has 0 bridgehead atoms.